The van der Waals surface area contributed by atoms with E-state index in [-0.39, 0.29) is 17.5 Å². The molecule has 4 nitrogen and oxygen atoms in total. The van der Waals surface area contributed by atoms with Gasteiger partial charge in [-0.15, -0.1) is 11.8 Å². The number of fused-ring (bicyclic) bond motifs is 1. The molecule has 2 rings (SSSR count). The van der Waals surface area contributed by atoms with Crippen molar-refractivity contribution >= 4 is 23.4 Å². The molecule has 18 heavy (non-hydrogen) atoms. The van der Waals surface area contributed by atoms with E-state index in [0.717, 1.165) is 16.1 Å². The average Bonchev–Trinajstić information content (AvgIpc) is 2.27. The van der Waals surface area contributed by atoms with E-state index in [1.54, 1.807) is 11.8 Å². The molecule has 4 N–H and O–H groups in total. The Bertz CT molecular complexity index is 468. The van der Waals surface area contributed by atoms with Gasteiger partial charge in [-0.05, 0) is 38.6 Å². The van der Waals surface area contributed by atoms with Gasteiger partial charge in [0.1, 0.15) is 0 Å². The molecule has 1 amide bonds. The zero-order chi connectivity index (χ0) is 13.3. The van der Waals surface area contributed by atoms with E-state index >= 15 is 0 Å². The number of anilines is 1. The van der Waals surface area contributed by atoms with Gasteiger partial charge in [0, 0.05) is 16.5 Å². The molecular weight excluding hydrogens is 246 g/mol. The fourth-order valence-electron chi connectivity index (χ4n) is 2.25. The third-order valence-corrected chi connectivity index (χ3v) is 4.08. The van der Waals surface area contributed by atoms with Crippen molar-refractivity contribution in [1.29, 1.82) is 0 Å². The van der Waals surface area contributed by atoms with Crippen LogP contribution in [-0.4, -0.2) is 24.2 Å². The lowest BCUT2D eigenvalue weighted by Gasteiger charge is -2.31. The summed E-state index contributed by atoms with van der Waals surface area (Å²) in [5, 5.41) is 6.13. The first-order chi connectivity index (χ1) is 8.41. The number of hydrogen-bond acceptors (Lipinski definition) is 4. The van der Waals surface area contributed by atoms with Gasteiger partial charge in [0.2, 0.25) is 5.91 Å². The SMILES string of the molecule is CNC(c1ccc2c(c1)NC(=O)CS2)C(C)(C)N. The molecule has 0 radical (unpaired) electrons. The van der Waals surface area contributed by atoms with Crippen LogP contribution >= 0.6 is 11.8 Å². The Morgan fingerprint density at radius 1 is 1.50 bits per heavy atom. The molecule has 0 aliphatic carbocycles. The zero-order valence-electron chi connectivity index (χ0n) is 10.9. The number of thioether (sulfide) groups is 1. The number of carbonyl (C=O) groups excluding carboxylic acids is 1. The number of carbonyl (C=O) groups is 1. The topological polar surface area (TPSA) is 67.1 Å². The minimum atomic E-state index is -0.366. The first kappa shape index (κ1) is 13.4. The maximum Gasteiger partial charge on any atom is 0.234 e. The number of benzene rings is 1. The molecule has 1 aromatic rings. The molecule has 0 bridgehead atoms. The monoisotopic (exact) mass is 265 g/mol. The largest absolute Gasteiger partial charge is 0.324 e. The van der Waals surface area contributed by atoms with E-state index in [2.05, 4.69) is 16.7 Å². The lowest BCUT2D eigenvalue weighted by Crippen LogP contribution is -2.45. The van der Waals surface area contributed by atoms with Crippen LogP contribution in [0.15, 0.2) is 23.1 Å². The number of amides is 1. The van der Waals surface area contributed by atoms with Gasteiger partial charge in [0.25, 0.3) is 0 Å². The summed E-state index contributed by atoms with van der Waals surface area (Å²) in [7, 11) is 1.89. The average molecular weight is 265 g/mol. The van der Waals surface area contributed by atoms with E-state index in [1.165, 1.54) is 0 Å². The van der Waals surface area contributed by atoms with Crippen molar-refractivity contribution in [2.24, 2.45) is 5.73 Å². The quantitative estimate of drug-likeness (QED) is 0.778. The van der Waals surface area contributed by atoms with Crippen LogP contribution in [0.5, 0.6) is 0 Å². The first-order valence-corrected chi connectivity index (χ1v) is 6.93. The predicted octanol–water partition coefficient (Wildman–Crippen LogP) is 1.73. The first-order valence-electron chi connectivity index (χ1n) is 5.94. The van der Waals surface area contributed by atoms with Crippen LogP contribution in [0.2, 0.25) is 0 Å². The zero-order valence-corrected chi connectivity index (χ0v) is 11.7. The smallest absolute Gasteiger partial charge is 0.234 e. The van der Waals surface area contributed by atoms with E-state index < -0.39 is 0 Å². The molecule has 1 aliphatic rings. The van der Waals surface area contributed by atoms with Gasteiger partial charge in [-0.1, -0.05) is 6.07 Å². The van der Waals surface area contributed by atoms with Crippen LogP contribution in [0.4, 0.5) is 5.69 Å². The van der Waals surface area contributed by atoms with E-state index in [9.17, 15) is 4.79 Å². The molecule has 0 aromatic heterocycles. The van der Waals surface area contributed by atoms with E-state index in [1.807, 2.05) is 33.0 Å². The Labute approximate surface area is 112 Å². The third-order valence-electron chi connectivity index (χ3n) is 3.00. The molecule has 1 aromatic carbocycles. The van der Waals surface area contributed by atoms with Crippen molar-refractivity contribution in [2.75, 3.05) is 18.1 Å². The Morgan fingerprint density at radius 2 is 2.22 bits per heavy atom. The van der Waals surface area contributed by atoms with Gasteiger partial charge in [0.05, 0.1) is 11.4 Å². The van der Waals surface area contributed by atoms with Crippen molar-refractivity contribution in [2.45, 2.75) is 30.3 Å². The second-order valence-electron chi connectivity index (χ2n) is 5.14. The van der Waals surface area contributed by atoms with Crippen molar-refractivity contribution in [1.82, 2.24) is 5.32 Å². The lowest BCUT2D eigenvalue weighted by molar-refractivity contribution is -0.113. The summed E-state index contributed by atoms with van der Waals surface area (Å²) in [6, 6.07) is 6.17. The van der Waals surface area contributed by atoms with Gasteiger partial charge in [-0.25, -0.2) is 0 Å². The van der Waals surface area contributed by atoms with Crippen LogP contribution in [0.25, 0.3) is 0 Å². The molecule has 5 heteroatoms. The van der Waals surface area contributed by atoms with Crippen molar-refractivity contribution < 1.29 is 4.79 Å². The number of nitrogens with one attached hydrogen (secondary N) is 2. The van der Waals surface area contributed by atoms with Crippen molar-refractivity contribution in [3.8, 4) is 0 Å². The minimum Gasteiger partial charge on any atom is -0.324 e. The summed E-state index contributed by atoms with van der Waals surface area (Å²) in [6.45, 7) is 3.97. The number of nitrogens with two attached hydrogens (primary N) is 1. The molecule has 1 aliphatic heterocycles. The predicted molar refractivity (Wildman–Crippen MR) is 75.9 cm³/mol. The van der Waals surface area contributed by atoms with Gasteiger partial charge >= 0.3 is 0 Å². The summed E-state index contributed by atoms with van der Waals surface area (Å²) in [6.07, 6.45) is 0. The molecule has 0 saturated carbocycles. The highest BCUT2D eigenvalue weighted by molar-refractivity contribution is 8.00. The summed E-state index contributed by atoms with van der Waals surface area (Å²) in [5.41, 5.74) is 7.78. The molecule has 1 atom stereocenters. The summed E-state index contributed by atoms with van der Waals surface area (Å²) in [4.78, 5) is 12.5. The molecule has 98 valence electrons. The molecule has 1 unspecified atom stereocenters. The highest BCUT2D eigenvalue weighted by Gasteiger charge is 2.26. The second-order valence-corrected chi connectivity index (χ2v) is 6.15. The van der Waals surface area contributed by atoms with E-state index in [4.69, 9.17) is 5.73 Å². The maximum absolute atomic E-state index is 11.4. The highest BCUT2D eigenvalue weighted by atomic mass is 32.2. The molecule has 0 saturated heterocycles. The van der Waals surface area contributed by atoms with Gasteiger partial charge in [0.15, 0.2) is 0 Å². The number of rotatable bonds is 3. The lowest BCUT2D eigenvalue weighted by atomic mass is 9.89. The fraction of sp³-hybridized carbons (Fsp3) is 0.462. The molecular formula is C13H19N3OS. The second kappa shape index (κ2) is 4.91. The Kier molecular flexibility index (Phi) is 3.66. The highest BCUT2D eigenvalue weighted by Crippen LogP contribution is 2.34. The minimum absolute atomic E-state index is 0.0478. The Balaban J connectivity index is 2.35. The summed E-state index contributed by atoms with van der Waals surface area (Å²) >= 11 is 1.57. The van der Waals surface area contributed by atoms with Crippen molar-refractivity contribution in [3.63, 3.8) is 0 Å². The number of likely N-dealkylation sites (N-methyl/N-ethyl adjacent to an activating group) is 1. The van der Waals surface area contributed by atoms with Crippen LogP contribution in [0.1, 0.15) is 25.5 Å². The molecule has 0 fully saturated rings. The van der Waals surface area contributed by atoms with Gasteiger partial charge in [-0.3, -0.25) is 4.79 Å². The summed E-state index contributed by atoms with van der Waals surface area (Å²) < 4.78 is 0. The standard InChI is InChI=1S/C13H19N3OS/c1-13(2,14)12(15-3)8-4-5-10-9(6-8)16-11(17)7-18-10/h4-6,12,15H,7,14H2,1-3H3,(H,16,17). The van der Waals surface area contributed by atoms with Crippen molar-refractivity contribution in [3.05, 3.63) is 23.8 Å². The van der Waals surface area contributed by atoms with Crippen LogP contribution in [-0.2, 0) is 4.79 Å². The molecule has 0 spiro atoms. The molecule has 1 heterocycles. The fourth-order valence-corrected chi connectivity index (χ4v) is 3.04. The Hall–Kier alpha value is -1.04. The van der Waals surface area contributed by atoms with Crippen LogP contribution in [0, 0.1) is 0 Å². The maximum atomic E-state index is 11.4. The van der Waals surface area contributed by atoms with Gasteiger partial charge < -0.3 is 16.4 Å². The van der Waals surface area contributed by atoms with Crippen LogP contribution in [0.3, 0.4) is 0 Å². The third kappa shape index (κ3) is 2.68. The normalized spacial score (nSPS) is 17.0. The van der Waals surface area contributed by atoms with E-state index in [0.29, 0.717) is 5.75 Å². The van der Waals surface area contributed by atoms with Crippen LogP contribution < -0.4 is 16.4 Å². The van der Waals surface area contributed by atoms with Gasteiger partial charge in [-0.2, -0.15) is 0 Å². The number of hydrogen-bond donors (Lipinski definition) is 3. The Morgan fingerprint density at radius 3 is 2.83 bits per heavy atom. The summed E-state index contributed by atoms with van der Waals surface area (Å²) in [5.74, 6) is 0.544.